The lowest BCUT2D eigenvalue weighted by atomic mass is 9.84. The van der Waals surface area contributed by atoms with Crippen LogP contribution in [0, 0.1) is 5.82 Å². The first-order valence-electron chi connectivity index (χ1n) is 12.1. The van der Waals surface area contributed by atoms with Gasteiger partial charge in [-0.15, -0.1) is 0 Å². The minimum Gasteiger partial charge on any atom is -0.385 e. The Labute approximate surface area is 200 Å². The highest BCUT2D eigenvalue weighted by Gasteiger charge is 2.40. The van der Waals surface area contributed by atoms with Crippen LogP contribution in [0.4, 0.5) is 4.39 Å². The molecule has 2 N–H and O–H groups in total. The molecule has 0 unspecified atom stereocenters. The number of likely N-dealkylation sites (tertiary alicyclic amines) is 1. The molecular weight excluding hydrogens is 427 g/mol. The normalized spacial score (nSPS) is 21.7. The second kappa shape index (κ2) is 9.69. The molecule has 0 bridgehead atoms. The molecule has 5 heteroatoms. The third-order valence-electron chi connectivity index (χ3n) is 7.23. The second-order valence-electron chi connectivity index (χ2n) is 9.73. The highest BCUT2D eigenvalue weighted by Crippen LogP contribution is 2.40. The fourth-order valence-electron chi connectivity index (χ4n) is 5.02. The van der Waals surface area contributed by atoms with Gasteiger partial charge in [0, 0.05) is 25.0 Å². The topological polar surface area (TPSA) is 52.6 Å². The zero-order valence-electron chi connectivity index (χ0n) is 19.3. The summed E-state index contributed by atoms with van der Waals surface area (Å²) < 4.78 is 13.1. The molecule has 176 valence electrons. The number of amides is 1. The summed E-state index contributed by atoms with van der Waals surface area (Å²) in [4.78, 5) is 14.7. The van der Waals surface area contributed by atoms with E-state index in [4.69, 9.17) is 0 Å². The first-order valence-corrected chi connectivity index (χ1v) is 12.1. The predicted molar refractivity (Wildman–Crippen MR) is 131 cm³/mol. The van der Waals surface area contributed by atoms with Crippen LogP contribution < -0.4 is 5.32 Å². The SMILES string of the molecule is O=C(CN1CCC(O)(c2ccc(Cc3ccc(F)cc3)cc2)CC1)N[C@@H]1C[C@H]1c1ccccc1. The molecule has 1 amide bonds. The van der Waals surface area contributed by atoms with Crippen LogP contribution in [-0.2, 0) is 16.8 Å². The van der Waals surface area contributed by atoms with E-state index in [-0.39, 0.29) is 17.8 Å². The molecule has 2 fully saturated rings. The summed E-state index contributed by atoms with van der Waals surface area (Å²) >= 11 is 0. The number of nitrogens with one attached hydrogen (secondary N) is 1. The summed E-state index contributed by atoms with van der Waals surface area (Å²) in [5.74, 6) is 0.274. The lowest BCUT2D eigenvalue weighted by Gasteiger charge is -2.38. The lowest BCUT2D eigenvalue weighted by molar-refractivity contribution is -0.123. The molecule has 34 heavy (non-hydrogen) atoms. The van der Waals surface area contributed by atoms with Crippen molar-refractivity contribution >= 4 is 5.91 Å². The summed E-state index contributed by atoms with van der Waals surface area (Å²) in [6.45, 7) is 1.76. The summed E-state index contributed by atoms with van der Waals surface area (Å²) in [6.07, 6.45) is 2.95. The molecular formula is C29H31FN2O2. The molecule has 3 aromatic carbocycles. The molecule has 3 aromatic rings. The Bertz CT molecular complexity index is 1110. The quantitative estimate of drug-likeness (QED) is 0.553. The predicted octanol–water partition coefficient (Wildman–Crippen LogP) is 4.37. The van der Waals surface area contributed by atoms with Gasteiger partial charge < -0.3 is 10.4 Å². The molecule has 4 nitrogen and oxygen atoms in total. The molecule has 2 atom stereocenters. The highest BCUT2D eigenvalue weighted by molar-refractivity contribution is 5.79. The van der Waals surface area contributed by atoms with Gasteiger partial charge >= 0.3 is 0 Å². The van der Waals surface area contributed by atoms with Gasteiger partial charge in [0.1, 0.15) is 5.82 Å². The van der Waals surface area contributed by atoms with Crippen LogP contribution in [0.3, 0.4) is 0 Å². The average Bonchev–Trinajstić information content (AvgIpc) is 3.62. The van der Waals surface area contributed by atoms with Gasteiger partial charge in [-0.05, 0) is 60.1 Å². The van der Waals surface area contributed by atoms with Gasteiger partial charge in [-0.3, -0.25) is 9.69 Å². The van der Waals surface area contributed by atoms with E-state index in [2.05, 4.69) is 22.3 Å². The average molecular weight is 459 g/mol. The Hall–Kier alpha value is -3.02. The van der Waals surface area contributed by atoms with Gasteiger partial charge in [-0.2, -0.15) is 0 Å². The van der Waals surface area contributed by atoms with E-state index in [0.717, 1.165) is 29.5 Å². The molecule has 5 rings (SSSR count). The van der Waals surface area contributed by atoms with Crippen LogP contribution in [0.2, 0.25) is 0 Å². The number of hydrogen-bond acceptors (Lipinski definition) is 3. The molecule has 1 heterocycles. The minimum atomic E-state index is -0.865. The number of nitrogens with zero attached hydrogens (tertiary/aromatic N) is 1. The van der Waals surface area contributed by atoms with E-state index < -0.39 is 5.60 Å². The maximum atomic E-state index is 13.1. The number of rotatable bonds is 7. The number of benzene rings is 3. The van der Waals surface area contributed by atoms with Crippen LogP contribution in [-0.4, -0.2) is 41.6 Å². The van der Waals surface area contributed by atoms with Crippen LogP contribution in [0.15, 0.2) is 78.9 Å². The monoisotopic (exact) mass is 458 g/mol. The Morgan fingerprint density at radius 2 is 1.56 bits per heavy atom. The number of aliphatic hydroxyl groups is 1. The molecule has 1 saturated heterocycles. The summed E-state index contributed by atoms with van der Waals surface area (Å²) in [5, 5.41) is 14.4. The van der Waals surface area contributed by atoms with Crippen molar-refractivity contribution in [2.75, 3.05) is 19.6 Å². The number of carbonyl (C=O) groups is 1. The molecule has 1 aliphatic carbocycles. The molecule has 0 aromatic heterocycles. The smallest absolute Gasteiger partial charge is 0.234 e. The van der Waals surface area contributed by atoms with Gasteiger partial charge in [-0.1, -0.05) is 66.7 Å². The van der Waals surface area contributed by atoms with Crippen molar-refractivity contribution in [1.82, 2.24) is 10.2 Å². The number of halogens is 1. The Morgan fingerprint density at radius 3 is 2.21 bits per heavy atom. The fourth-order valence-corrected chi connectivity index (χ4v) is 5.02. The largest absolute Gasteiger partial charge is 0.385 e. The van der Waals surface area contributed by atoms with Gasteiger partial charge in [0.15, 0.2) is 0 Å². The Balaban J connectivity index is 1.09. The molecule has 2 aliphatic rings. The van der Waals surface area contributed by atoms with Crippen LogP contribution in [0.5, 0.6) is 0 Å². The zero-order chi connectivity index (χ0) is 23.5. The van der Waals surface area contributed by atoms with Crippen molar-refractivity contribution < 1.29 is 14.3 Å². The van der Waals surface area contributed by atoms with Gasteiger partial charge in [0.2, 0.25) is 5.91 Å². The number of piperidine rings is 1. The summed E-state index contributed by atoms with van der Waals surface area (Å²) in [6, 6.07) is 25.2. The van der Waals surface area contributed by atoms with Crippen molar-refractivity contribution in [3.05, 3.63) is 107 Å². The van der Waals surface area contributed by atoms with E-state index in [0.29, 0.717) is 38.4 Å². The minimum absolute atomic E-state index is 0.0685. The third-order valence-corrected chi connectivity index (χ3v) is 7.23. The first-order chi connectivity index (χ1) is 16.5. The number of hydrogen-bond donors (Lipinski definition) is 2. The fraction of sp³-hybridized carbons (Fsp3) is 0.345. The van der Waals surface area contributed by atoms with Crippen molar-refractivity contribution in [2.24, 2.45) is 0 Å². The highest BCUT2D eigenvalue weighted by atomic mass is 19.1. The van der Waals surface area contributed by atoms with Crippen molar-refractivity contribution in [3.8, 4) is 0 Å². The Kier molecular flexibility index (Phi) is 6.48. The van der Waals surface area contributed by atoms with E-state index in [1.165, 1.54) is 17.7 Å². The van der Waals surface area contributed by atoms with Gasteiger partial charge in [0.25, 0.3) is 0 Å². The van der Waals surface area contributed by atoms with E-state index in [1.807, 2.05) is 42.5 Å². The lowest BCUT2D eigenvalue weighted by Crippen LogP contribution is -2.46. The summed E-state index contributed by atoms with van der Waals surface area (Å²) in [5.41, 5.74) is 3.53. The molecule has 0 radical (unpaired) electrons. The molecule has 1 aliphatic heterocycles. The maximum absolute atomic E-state index is 13.1. The summed E-state index contributed by atoms with van der Waals surface area (Å²) in [7, 11) is 0. The molecule has 1 saturated carbocycles. The number of carbonyl (C=O) groups excluding carboxylic acids is 1. The molecule has 0 spiro atoms. The van der Waals surface area contributed by atoms with Crippen LogP contribution in [0.25, 0.3) is 0 Å². The van der Waals surface area contributed by atoms with Crippen LogP contribution >= 0.6 is 0 Å². The third kappa shape index (κ3) is 5.37. The maximum Gasteiger partial charge on any atom is 0.234 e. The van der Waals surface area contributed by atoms with Crippen molar-refractivity contribution in [1.29, 1.82) is 0 Å². The first kappa shape index (κ1) is 22.8. The zero-order valence-corrected chi connectivity index (χ0v) is 19.3. The van der Waals surface area contributed by atoms with Crippen LogP contribution in [0.1, 0.15) is 47.4 Å². The Morgan fingerprint density at radius 1 is 0.941 bits per heavy atom. The van der Waals surface area contributed by atoms with E-state index >= 15 is 0 Å². The second-order valence-corrected chi connectivity index (χ2v) is 9.73. The van der Waals surface area contributed by atoms with Gasteiger partial charge in [-0.25, -0.2) is 4.39 Å². The van der Waals surface area contributed by atoms with Crippen molar-refractivity contribution in [3.63, 3.8) is 0 Å². The van der Waals surface area contributed by atoms with Gasteiger partial charge in [0.05, 0.1) is 12.1 Å². The van der Waals surface area contributed by atoms with E-state index in [1.54, 1.807) is 12.1 Å². The van der Waals surface area contributed by atoms with E-state index in [9.17, 15) is 14.3 Å². The van der Waals surface area contributed by atoms with Crippen molar-refractivity contribution in [2.45, 2.75) is 43.2 Å². The standard InChI is InChI=1S/C29H31FN2O2/c30-25-12-8-22(9-13-25)18-21-6-10-24(11-7-21)29(34)14-16-32(17-15-29)20-28(33)31-27-19-26(27)23-4-2-1-3-5-23/h1-13,26-27,34H,14-20H2,(H,31,33)/t26-,27+/m0/s1.